The summed E-state index contributed by atoms with van der Waals surface area (Å²) < 4.78 is 6.53. The van der Waals surface area contributed by atoms with Crippen LogP contribution in [0.1, 0.15) is 24.9 Å². The third-order valence-corrected chi connectivity index (χ3v) is 2.53. The molecule has 1 atom stereocenters. The predicted octanol–water partition coefficient (Wildman–Crippen LogP) is 1.22. The molecule has 0 aliphatic rings. The lowest BCUT2D eigenvalue weighted by molar-refractivity contribution is -0.143. The maximum atomic E-state index is 11.6. The quantitative estimate of drug-likeness (QED) is 0.742. The summed E-state index contributed by atoms with van der Waals surface area (Å²) in [6.07, 6.45) is 1.71. The van der Waals surface area contributed by atoms with Crippen molar-refractivity contribution in [1.29, 1.82) is 0 Å². The van der Waals surface area contributed by atoms with Gasteiger partial charge in [-0.3, -0.25) is 4.79 Å². The summed E-state index contributed by atoms with van der Waals surface area (Å²) in [5.41, 5.74) is 0.970. The SMILES string of the molecule is CCOC(=O)CC(c1ccccc1)n1cnnn1. The lowest BCUT2D eigenvalue weighted by Gasteiger charge is -2.15. The maximum absolute atomic E-state index is 11.6. The fourth-order valence-corrected chi connectivity index (χ4v) is 1.73. The number of hydrogen-bond acceptors (Lipinski definition) is 5. The van der Waals surface area contributed by atoms with Gasteiger partial charge in [0, 0.05) is 0 Å². The van der Waals surface area contributed by atoms with E-state index in [0.717, 1.165) is 5.56 Å². The zero-order valence-corrected chi connectivity index (χ0v) is 10.1. The van der Waals surface area contributed by atoms with Gasteiger partial charge >= 0.3 is 5.97 Å². The molecule has 0 amide bonds. The molecular formula is C12H14N4O2. The molecule has 2 aromatic rings. The zero-order chi connectivity index (χ0) is 12.8. The first-order chi connectivity index (χ1) is 8.81. The topological polar surface area (TPSA) is 69.9 Å². The van der Waals surface area contributed by atoms with E-state index in [4.69, 9.17) is 4.74 Å². The van der Waals surface area contributed by atoms with Crippen LogP contribution in [-0.2, 0) is 9.53 Å². The molecule has 0 fully saturated rings. The van der Waals surface area contributed by atoms with Crippen LogP contribution in [0.25, 0.3) is 0 Å². The third kappa shape index (κ3) is 2.91. The standard InChI is InChI=1S/C12H14N4O2/c1-2-18-12(17)8-11(16-9-13-14-15-16)10-6-4-3-5-7-10/h3-7,9,11H,2,8H2,1H3. The van der Waals surface area contributed by atoms with E-state index < -0.39 is 0 Å². The van der Waals surface area contributed by atoms with Crippen molar-refractivity contribution >= 4 is 5.97 Å². The van der Waals surface area contributed by atoms with Crippen LogP contribution in [0.15, 0.2) is 36.7 Å². The molecule has 0 bridgehead atoms. The van der Waals surface area contributed by atoms with Gasteiger partial charge in [-0.1, -0.05) is 30.3 Å². The minimum absolute atomic E-state index is 0.211. The Morgan fingerprint density at radius 3 is 2.78 bits per heavy atom. The minimum atomic E-state index is -0.262. The number of carbonyl (C=O) groups excluding carboxylic acids is 1. The van der Waals surface area contributed by atoms with E-state index in [0.29, 0.717) is 6.61 Å². The number of tetrazole rings is 1. The van der Waals surface area contributed by atoms with Crippen molar-refractivity contribution in [1.82, 2.24) is 20.2 Å². The number of aromatic nitrogens is 4. The molecule has 1 unspecified atom stereocenters. The first kappa shape index (κ1) is 12.2. The van der Waals surface area contributed by atoms with E-state index in [1.165, 1.54) is 6.33 Å². The van der Waals surface area contributed by atoms with Gasteiger partial charge in [0.25, 0.3) is 0 Å². The highest BCUT2D eigenvalue weighted by atomic mass is 16.5. The zero-order valence-electron chi connectivity index (χ0n) is 10.1. The summed E-state index contributed by atoms with van der Waals surface area (Å²) in [5.74, 6) is -0.262. The highest BCUT2D eigenvalue weighted by molar-refractivity contribution is 5.70. The molecule has 0 spiro atoms. The molecule has 18 heavy (non-hydrogen) atoms. The highest BCUT2D eigenvalue weighted by Gasteiger charge is 2.19. The molecule has 1 aromatic heterocycles. The first-order valence-electron chi connectivity index (χ1n) is 5.74. The molecule has 0 aliphatic heterocycles. The molecule has 0 N–H and O–H groups in total. The number of hydrogen-bond donors (Lipinski definition) is 0. The molecule has 6 nitrogen and oxygen atoms in total. The number of rotatable bonds is 5. The third-order valence-electron chi connectivity index (χ3n) is 2.53. The van der Waals surface area contributed by atoms with Gasteiger partial charge in [0.2, 0.25) is 0 Å². The summed E-state index contributed by atoms with van der Waals surface area (Å²) in [4.78, 5) is 11.6. The fraction of sp³-hybridized carbons (Fsp3) is 0.333. The normalized spacial score (nSPS) is 12.1. The Morgan fingerprint density at radius 2 is 2.17 bits per heavy atom. The average Bonchev–Trinajstić information content (AvgIpc) is 2.91. The molecule has 94 valence electrons. The second-order valence-electron chi connectivity index (χ2n) is 3.73. The summed E-state index contributed by atoms with van der Waals surface area (Å²) in [6.45, 7) is 2.16. The van der Waals surface area contributed by atoms with Gasteiger partial charge in [0.15, 0.2) is 0 Å². The fourth-order valence-electron chi connectivity index (χ4n) is 1.73. The van der Waals surface area contributed by atoms with Gasteiger partial charge in [-0.15, -0.1) is 5.10 Å². The van der Waals surface area contributed by atoms with Gasteiger partial charge in [-0.25, -0.2) is 4.68 Å². The number of benzene rings is 1. The van der Waals surface area contributed by atoms with Crippen LogP contribution in [0.2, 0.25) is 0 Å². The molecule has 0 saturated carbocycles. The second-order valence-corrected chi connectivity index (χ2v) is 3.73. The molecule has 6 heteroatoms. The Bertz CT molecular complexity index is 484. The smallest absolute Gasteiger partial charge is 0.308 e. The van der Waals surface area contributed by atoms with Crippen molar-refractivity contribution in [3.63, 3.8) is 0 Å². The summed E-state index contributed by atoms with van der Waals surface area (Å²) in [5, 5.41) is 11.1. The van der Waals surface area contributed by atoms with E-state index in [-0.39, 0.29) is 18.4 Å². The van der Waals surface area contributed by atoms with E-state index in [2.05, 4.69) is 15.5 Å². The summed E-state index contributed by atoms with van der Waals surface area (Å²) >= 11 is 0. The molecule has 1 heterocycles. The van der Waals surface area contributed by atoms with Crippen LogP contribution in [0.5, 0.6) is 0 Å². The van der Waals surface area contributed by atoms with Gasteiger partial charge in [-0.2, -0.15) is 0 Å². The number of nitrogens with zero attached hydrogens (tertiary/aromatic N) is 4. The van der Waals surface area contributed by atoms with Gasteiger partial charge in [0.05, 0.1) is 19.1 Å². The minimum Gasteiger partial charge on any atom is -0.466 e. The molecular weight excluding hydrogens is 232 g/mol. The van der Waals surface area contributed by atoms with E-state index in [1.807, 2.05) is 30.3 Å². The molecule has 2 rings (SSSR count). The molecule has 0 radical (unpaired) electrons. The Morgan fingerprint density at radius 1 is 1.39 bits per heavy atom. The van der Waals surface area contributed by atoms with Crippen molar-refractivity contribution < 1.29 is 9.53 Å². The van der Waals surface area contributed by atoms with Crippen LogP contribution in [0.3, 0.4) is 0 Å². The Kier molecular flexibility index (Phi) is 4.01. The van der Waals surface area contributed by atoms with Crippen LogP contribution in [0.4, 0.5) is 0 Å². The molecule has 1 aromatic carbocycles. The predicted molar refractivity (Wildman–Crippen MR) is 63.6 cm³/mol. The van der Waals surface area contributed by atoms with Crippen LogP contribution < -0.4 is 0 Å². The summed E-state index contributed by atoms with van der Waals surface area (Å²) in [7, 11) is 0. The Labute approximate surface area is 105 Å². The average molecular weight is 246 g/mol. The number of ether oxygens (including phenoxy) is 1. The highest BCUT2D eigenvalue weighted by Crippen LogP contribution is 2.20. The van der Waals surface area contributed by atoms with E-state index >= 15 is 0 Å². The number of carbonyl (C=O) groups is 1. The van der Waals surface area contributed by atoms with Gasteiger partial charge in [-0.05, 0) is 22.9 Å². The van der Waals surface area contributed by atoms with E-state index in [9.17, 15) is 4.79 Å². The first-order valence-corrected chi connectivity index (χ1v) is 5.74. The maximum Gasteiger partial charge on any atom is 0.308 e. The van der Waals surface area contributed by atoms with Crippen LogP contribution >= 0.6 is 0 Å². The van der Waals surface area contributed by atoms with Crippen molar-refractivity contribution in [3.8, 4) is 0 Å². The van der Waals surface area contributed by atoms with Crippen molar-refractivity contribution in [2.75, 3.05) is 6.61 Å². The van der Waals surface area contributed by atoms with Gasteiger partial charge < -0.3 is 4.74 Å². The largest absolute Gasteiger partial charge is 0.466 e. The van der Waals surface area contributed by atoms with Crippen LogP contribution in [0, 0.1) is 0 Å². The van der Waals surface area contributed by atoms with Crippen molar-refractivity contribution in [2.45, 2.75) is 19.4 Å². The lowest BCUT2D eigenvalue weighted by atomic mass is 10.0. The Balaban J connectivity index is 2.22. The van der Waals surface area contributed by atoms with Crippen LogP contribution in [-0.4, -0.2) is 32.8 Å². The lowest BCUT2D eigenvalue weighted by Crippen LogP contribution is -2.17. The molecule has 0 saturated heterocycles. The monoisotopic (exact) mass is 246 g/mol. The molecule has 0 aliphatic carbocycles. The second kappa shape index (κ2) is 5.90. The van der Waals surface area contributed by atoms with E-state index in [1.54, 1.807) is 11.6 Å². The number of esters is 1. The van der Waals surface area contributed by atoms with Gasteiger partial charge in [0.1, 0.15) is 6.33 Å². The Hall–Kier alpha value is -2.24. The van der Waals surface area contributed by atoms with Crippen molar-refractivity contribution in [3.05, 3.63) is 42.2 Å². The van der Waals surface area contributed by atoms with Crippen molar-refractivity contribution in [2.24, 2.45) is 0 Å². The summed E-state index contributed by atoms with van der Waals surface area (Å²) in [6, 6.07) is 9.39.